The lowest BCUT2D eigenvalue weighted by Crippen LogP contribution is -2.37. The first-order valence-corrected chi connectivity index (χ1v) is 6.83. The Morgan fingerprint density at radius 2 is 2.30 bits per heavy atom. The van der Waals surface area contributed by atoms with Crippen LogP contribution in [0.25, 0.3) is 11.3 Å². The molecule has 0 spiro atoms. The van der Waals surface area contributed by atoms with Crippen LogP contribution in [-0.4, -0.2) is 34.0 Å². The molecular formula is C15H15FN2O2. The van der Waals surface area contributed by atoms with Gasteiger partial charge in [0.1, 0.15) is 5.82 Å². The van der Waals surface area contributed by atoms with Gasteiger partial charge >= 0.3 is 0 Å². The molecule has 1 aromatic heterocycles. The van der Waals surface area contributed by atoms with Crippen molar-refractivity contribution in [2.75, 3.05) is 13.2 Å². The molecule has 2 aliphatic rings. The zero-order chi connectivity index (χ0) is 13.7. The van der Waals surface area contributed by atoms with Crippen molar-refractivity contribution in [3.8, 4) is 11.3 Å². The van der Waals surface area contributed by atoms with Gasteiger partial charge < -0.3 is 14.4 Å². The number of hydrogen-bond acceptors (Lipinski definition) is 3. The van der Waals surface area contributed by atoms with Gasteiger partial charge in [-0.1, -0.05) is 0 Å². The van der Waals surface area contributed by atoms with Gasteiger partial charge in [0.2, 0.25) is 0 Å². The van der Waals surface area contributed by atoms with Gasteiger partial charge in [0.25, 0.3) is 0 Å². The average Bonchev–Trinajstić information content (AvgIpc) is 3.00. The number of rotatable bonds is 1. The molecule has 0 aliphatic carbocycles. The van der Waals surface area contributed by atoms with Crippen LogP contribution in [0.3, 0.4) is 0 Å². The van der Waals surface area contributed by atoms with E-state index in [4.69, 9.17) is 4.74 Å². The topological polar surface area (TPSA) is 47.3 Å². The fraction of sp³-hybridized carbons (Fsp3) is 0.400. The molecule has 0 amide bonds. The van der Waals surface area contributed by atoms with Crippen molar-refractivity contribution in [1.82, 2.24) is 9.55 Å². The normalized spacial score (nSPS) is 28.2. The van der Waals surface area contributed by atoms with Crippen LogP contribution in [0.15, 0.2) is 30.7 Å². The fourth-order valence-corrected chi connectivity index (χ4v) is 3.44. The Labute approximate surface area is 115 Å². The maximum absolute atomic E-state index is 13.6. The summed E-state index contributed by atoms with van der Waals surface area (Å²) in [7, 11) is 0. The summed E-state index contributed by atoms with van der Waals surface area (Å²) in [6.45, 7) is 0.975. The van der Waals surface area contributed by atoms with Crippen LogP contribution in [0.4, 0.5) is 4.39 Å². The SMILES string of the molecule is O[C@@H]1COCC[C@H]1[C@@H]1c2cc(F)ccc2-c2cncn21. The number of aliphatic hydroxyl groups excluding tert-OH is 1. The van der Waals surface area contributed by atoms with Gasteiger partial charge in [-0.15, -0.1) is 0 Å². The van der Waals surface area contributed by atoms with E-state index in [1.807, 2.05) is 4.57 Å². The van der Waals surface area contributed by atoms with Gasteiger partial charge in [-0.3, -0.25) is 0 Å². The number of nitrogens with zero attached hydrogens (tertiary/aromatic N) is 2. The first-order chi connectivity index (χ1) is 9.75. The highest BCUT2D eigenvalue weighted by Gasteiger charge is 2.39. The molecule has 4 rings (SSSR count). The first kappa shape index (κ1) is 12.1. The second-order valence-corrected chi connectivity index (χ2v) is 5.46. The molecule has 2 aromatic rings. The minimum absolute atomic E-state index is 0.0275. The monoisotopic (exact) mass is 274 g/mol. The molecule has 0 bridgehead atoms. The molecule has 4 nitrogen and oxygen atoms in total. The van der Waals surface area contributed by atoms with Gasteiger partial charge in [-0.25, -0.2) is 9.37 Å². The van der Waals surface area contributed by atoms with E-state index in [9.17, 15) is 9.50 Å². The zero-order valence-electron chi connectivity index (χ0n) is 10.9. The van der Waals surface area contributed by atoms with Crippen molar-refractivity contribution in [3.05, 3.63) is 42.1 Å². The molecule has 104 valence electrons. The molecule has 5 heteroatoms. The molecule has 1 N–H and O–H groups in total. The zero-order valence-corrected chi connectivity index (χ0v) is 10.9. The molecular weight excluding hydrogens is 259 g/mol. The molecule has 20 heavy (non-hydrogen) atoms. The summed E-state index contributed by atoms with van der Waals surface area (Å²) < 4.78 is 21.0. The number of imidazole rings is 1. The lowest BCUT2D eigenvalue weighted by atomic mass is 9.85. The Bertz CT molecular complexity index is 655. The van der Waals surface area contributed by atoms with E-state index in [1.54, 1.807) is 24.7 Å². The van der Waals surface area contributed by atoms with Crippen LogP contribution < -0.4 is 0 Å². The van der Waals surface area contributed by atoms with E-state index in [1.165, 1.54) is 6.07 Å². The van der Waals surface area contributed by atoms with Crippen LogP contribution >= 0.6 is 0 Å². The lowest BCUT2D eigenvalue weighted by Gasteiger charge is -2.33. The van der Waals surface area contributed by atoms with E-state index >= 15 is 0 Å². The molecule has 2 aliphatic heterocycles. The number of fused-ring (bicyclic) bond motifs is 3. The van der Waals surface area contributed by atoms with Crippen molar-refractivity contribution in [2.45, 2.75) is 18.6 Å². The molecule has 0 unspecified atom stereocenters. The second kappa shape index (κ2) is 4.40. The van der Waals surface area contributed by atoms with Crippen molar-refractivity contribution in [3.63, 3.8) is 0 Å². The Hall–Kier alpha value is -1.72. The van der Waals surface area contributed by atoms with Crippen LogP contribution in [0.1, 0.15) is 18.0 Å². The molecule has 1 aromatic carbocycles. The smallest absolute Gasteiger partial charge is 0.123 e. The number of aliphatic hydroxyl groups is 1. The van der Waals surface area contributed by atoms with Crippen molar-refractivity contribution in [1.29, 1.82) is 0 Å². The third-order valence-corrected chi connectivity index (χ3v) is 4.36. The number of hydrogen-bond donors (Lipinski definition) is 1. The molecule has 0 saturated carbocycles. The molecule has 3 atom stereocenters. The minimum atomic E-state index is -0.529. The third kappa shape index (κ3) is 1.63. The molecule has 0 radical (unpaired) electrons. The summed E-state index contributed by atoms with van der Waals surface area (Å²) in [6, 6.07) is 4.79. The van der Waals surface area contributed by atoms with Crippen LogP contribution in [0, 0.1) is 11.7 Å². The first-order valence-electron chi connectivity index (χ1n) is 6.83. The second-order valence-electron chi connectivity index (χ2n) is 5.46. The quantitative estimate of drug-likeness (QED) is 0.865. The predicted octanol–water partition coefficient (Wildman–Crippen LogP) is 1.99. The third-order valence-electron chi connectivity index (χ3n) is 4.36. The van der Waals surface area contributed by atoms with Gasteiger partial charge in [-0.05, 0) is 30.2 Å². The van der Waals surface area contributed by atoms with E-state index in [0.29, 0.717) is 13.2 Å². The van der Waals surface area contributed by atoms with Crippen molar-refractivity contribution >= 4 is 0 Å². The predicted molar refractivity (Wildman–Crippen MR) is 70.7 cm³/mol. The molecule has 1 fully saturated rings. The van der Waals surface area contributed by atoms with Gasteiger partial charge in [0.15, 0.2) is 0 Å². The molecule has 3 heterocycles. The number of benzene rings is 1. The van der Waals surface area contributed by atoms with Crippen molar-refractivity contribution < 1.29 is 14.2 Å². The molecule has 1 saturated heterocycles. The summed E-state index contributed by atoms with van der Waals surface area (Å²) in [4.78, 5) is 4.19. The van der Waals surface area contributed by atoms with Crippen LogP contribution in [0.2, 0.25) is 0 Å². The lowest BCUT2D eigenvalue weighted by molar-refractivity contribution is -0.0540. The number of aromatic nitrogens is 2. The summed E-state index contributed by atoms with van der Waals surface area (Å²) in [5, 5.41) is 10.2. The van der Waals surface area contributed by atoms with Gasteiger partial charge in [0, 0.05) is 18.1 Å². The Morgan fingerprint density at radius 1 is 1.40 bits per heavy atom. The number of halogens is 1. The van der Waals surface area contributed by atoms with E-state index in [0.717, 1.165) is 23.2 Å². The Balaban J connectivity index is 1.85. The van der Waals surface area contributed by atoms with Crippen LogP contribution in [0.5, 0.6) is 0 Å². The Morgan fingerprint density at radius 3 is 3.15 bits per heavy atom. The summed E-state index contributed by atoms with van der Waals surface area (Å²) in [5.41, 5.74) is 2.93. The highest BCUT2D eigenvalue weighted by molar-refractivity contribution is 5.69. The Kier molecular flexibility index (Phi) is 2.65. The van der Waals surface area contributed by atoms with Crippen LogP contribution in [-0.2, 0) is 4.74 Å². The standard InChI is InChI=1S/C15H15FN2O2/c16-9-1-2-10-12(5-9)15(18-8-17-6-13(10)18)11-3-4-20-7-14(11)19/h1-2,5-6,8,11,14-15,19H,3-4,7H2/t11-,14-,15-/m1/s1. The highest BCUT2D eigenvalue weighted by atomic mass is 19.1. The van der Waals surface area contributed by atoms with E-state index in [-0.39, 0.29) is 17.8 Å². The summed E-state index contributed by atoms with van der Waals surface area (Å²) >= 11 is 0. The largest absolute Gasteiger partial charge is 0.390 e. The van der Waals surface area contributed by atoms with Gasteiger partial charge in [-0.2, -0.15) is 0 Å². The maximum atomic E-state index is 13.6. The highest BCUT2D eigenvalue weighted by Crippen LogP contribution is 2.45. The van der Waals surface area contributed by atoms with E-state index < -0.39 is 6.10 Å². The fourth-order valence-electron chi connectivity index (χ4n) is 3.44. The average molecular weight is 274 g/mol. The number of ether oxygens (including phenoxy) is 1. The van der Waals surface area contributed by atoms with Crippen molar-refractivity contribution in [2.24, 2.45) is 5.92 Å². The minimum Gasteiger partial charge on any atom is -0.390 e. The van der Waals surface area contributed by atoms with E-state index in [2.05, 4.69) is 4.98 Å². The summed E-state index contributed by atoms with van der Waals surface area (Å²) in [5.74, 6) is -0.214. The van der Waals surface area contributed by atoms with Gasteiger partial charge in [0.05, 0.1) is 37.0 Å². The summed E-state index contributed by atoms with van der Waals surface area (Å²) in [6.07, 6.45) is 3.79. The maximum Gasteiger partial charge on any atom is 0.123 e.